The third kappa shape index (κ3) is 4.57. The molecule has 1 saturated heterocycles. The lowest BCUT2D eigenvalue weighted by atomic mass is 10.0. The van der Waals surface area contributed by atoms with Crippen LogP contribution in [0.4, 0.5) is 11.4 Å². The lowest BCUT2D eigenvalue weighted by Gasteiger charge is -2.36. The lowest BCUT2D eigenvalue weighted by molar-refractivity contribution is -0.384. The van der Waals surface area contributed by atoms with Crippen molar-refractivity contribution in [3.05, 3.63) is 100 Å². The van der Waals surface area contributed by atoms with Gasteiger partial charge in [-0.15, -0.1) is 0 Å². The Balaban J connectivity index is 1.39. The predicted octanol–water partition coefficient (Wildman–Crippen LogP) is 5.33. The fraction of sp³-hybridized carbons (Fsp3) is 0.214. The molecule has 3 aromatic carbocycles. The van der Waals surface area contributed by atoms with E-state index in [9.17, 15) is 14.9 Å². The molecule has 1 aliphatic rings. The second kappa shape index (κ2) is 9.54. The van der Waals surface area contributed by atoms with E-state index in [1.165, 1.54) is 17.7 Å². The third-order valence-corrected chi connectivity index (χ3v) is 6.60. The van der Waals surface area contributed by atoms with E-state index < -0.39 is 4.92 Å². The number of para-hydroxylation sites is 1. The highest BCUT2D eigenvalue weighted by molar-refractivity contribution is 6.07. The molecule has 7 nitrogen and oxygen atoms in total. The number of carbonyl (C=O) groups excluding carboxylic acids is 1. The van der Waals surface area contributed by atoms with Crippen LogP contribution in [-0.4, -0.2) is 46.9 Å². The summed E-state index contributed by atoms with van der Waals surface area (Å²) >= 11 is 0. The van der Waals surface area contributed by atoms with Crippen LogP contribution in [0.2, 0.25) is 0 Å². The van der Waals surface area contributed by atoms with E-state index in [4.69, 9.17) is 4.98 Å². The normalized spacial score (nSPS) is 13.7. The average molecular weight is 467 g/mol. The zero-order valence-corrected chi connectivity index (χ0v) is 19.6. The summed E-state index contributed by atoms with van der Waals surface area (Å²) in [4.78, 5) is 33.1. The molecule has 35 heavy (non-hydrogen) atoms. The van der Waals surface area contributed by atoms with Gasteiger partial charge in [-0.05, 0) is 36.2 Å². The van der Waals surface area contributed by atoms with Crippen LogP contribution < -0.4 is 4.90 Å². The number of carbonyl (C=O) groups is 1. The molecule has 0 aliphatic carbocycles. The van der Waals surface area contributed by atoms with Gasteiger partial charge >= 0.3 is 0 Å². The molecular weight excluding hydrogens is 440 g/mol. The van der Waals surface area contributed by atoms with Crippen LogP contribution in [0.15, 0.2) is 78.9 Å². The van der Waals surface area contributed by atoms with E-state index in [2.05, 4.69) is 36.1 Å². The van der Waals surface area contributed by atoms with E-state index in [1.54, 1.807) is 12.1 Å². The number of fused-ring (bicyclic) bond motifs is 1. The molecule has 0 radical (unpaired) electrons. The molecule has 0 spiro atoms. The van der Waals surface area contributed by atoms with E-state index in [0.29, 0.717) is 31.7 Å². The highest BCUT2D eigenvalue weighted by atomic mass is 16.6. The quantitative estimate of drug-likeness (QED) is 0.293. The SMILES string of the molecule is CCc1ccc(-c2cc(C(=O)N3CCN(c4ccc([N+](=O)[O-])cc4)CC3)c3ccccc3n2)cc1. The number of rotatable bonds is 5. The maximum atomic E-state index is 13.7. The van der Waals surface area contributed by atoms with Crippen molar-refractivity contribution < 1.29 is 9.72 Å². The molecule has 0 N–H and O–H groups in total. The summed E-state index contributed by atoms with van der Waals surface area (Å²) in [5, 5.41) is 11.8. The lowest BCUT2D eigenvalue weighted by Crippen LogP contribution is -2.48. The molecule has 7 heteroatoms. The molecule has 0 unspecified atom stereocenters. The van der Waals surface area contributed by atoms with Gasteiger partial charge in [0.25, 0.3) is 11.6 Å². The first-order valence-electron chi connectivity index (χ1n) is 11.8. The van der Waals surface area contributed by atoms with Crippen LogP contribution in [-0.2, 0) is 6.42 Å². The molecule has 2 heterocycles. The summed E-state index contributed by atoms with van der Waals surface area (Å²) in [6.45, 7) is 4.61. The Morgan fingerprint density at radius 3 is 2.29 bits per heavy atom. The number of aromatic nitrogens is 1. The number of nitro benzene ring substituents is 1. The zero-order valence-electron chi connectivity index (χ0n) is 19.6. The first kappa shape index (κ1) is 22.5. The van der Waals surface area contributed by atoms with Gasteiger partial charge in [0, 0.05) is 54.9 Å². The molecule has 1 aromatic heterocycles. The van der Waals surface area contributed by atoms with Gasteiger partial charge in [-0.2, -0.15) is 0 Å². The molecule has 1 aliphatic heterocycles. The number of non-ortho nitro benzene ring substituents is 1. The third-order valence-electron chi connectivity index (χ3n) is 6.60. The fourth-order valence-corrected chi connectivity index (χ4v) is 4.53. The Kier molecular flexibility index (Phi) is 6.14. The summed E-state index contributed by atoms with van der Waals surface area (Å²) in [5.74, 6) is -0.00150. The highest BCUT2D eigenvalue weighted by Gasteiger charge is 2.25. The first-order chi connectivity index (χ1) is 17.0. The Morgan fingerprint density at radius 1 is 0.943 bits per heavy atom. The number of pyridine rings is 1. The zero-order chi connectivity index (χ0) is 24.4. The van der Waals surface area contributed by atoms with Gasteiger partial charge in [0.15, 0.2) is 0 Å². The van der Waals surface area contributed by atoms with Crippen molar-refractivity contribution in [2.24, 2.45) is 0 Å². The monoisotopic (exact) mass is 466 g/mol. The molecular formula is C28H26N4O3. The Bertz CT molecular complexity index is 1380. The molecule has 1 fully saturated rings. The van der Waals surface area contributed by atoms with Gasteiger partial charge in [-0.3, -0.25) is 14.9 Å². The second-order valence-electron chi connectivity index (χ2n) is 8.68. The number of aryl methyl sites for hydroxylation is 1. The van der Waals surface area contributed by atoms with Gasteiger partial charge in [0.05, 0.1) is 21.7 Å². The standard InChI is InChI=1S/C28H26N4O3/c1-2-20-7-9-21(10-8-20)27-19-25(24-5-3-4-6-26(24)29-27)28(33)31-17-15-30(16-18-31)22-11-13-23(14-12-22)32(34)35/h3-14,19H,2,15-18H2,1H3. The van der Waals surface area contributed by atoms with Gasteiger partial charge in [-0.1, -0.05) is 49.4 Å². The Labute approximate surface area is 203 Å². The molecule has 0 bridgehead atoms. The van der Waals surface area contributed by atoms with Crippen molar-refractivity contribution in [2.75, 3.05) is 31.1 Å². The maximum absolute atomic E-state index is 13.7. The van der Waals surface area contributed by atoms with Gasteiger partial charge in [0.1, 0.15) is 0 Å². The topological polar surface area (TPSA) is 79.6 Å². The van der Waals surface area contributed by atoms with Crippen molar-refractivity contribution in [2.45, 2.75) is 13.3 Å². The summed E-state index contributed by atoms with van der Waals surface area (Å²) in [6, 6.07) is 24.6. The van der Waals surface area contributed by atoms with E-state index in [-0.39, 0.29) is 11.6 Å². The van der Waals surface area contributed by atoms with E-state index in [0.717, 1.165) is 34.3 Å². The summed E-state index contributed by atoms with van der Waals surface area (Å²) in [5.41, 5.74) is 5.51. The van der Waals surface area contributed by atoms with Crippen LogP contribution in [0.5, 0.6) is 0 Å². The van der Waals surface area contributed by atoms with Crippen molar-refractivity contribution in [1.82, 2.24) is 9.88 Å². The highest BCUT2D eigenvalue weighted by Crippen LogP contribution is 2.27. The summed E-state index contributed by atoms with van der Waals surface area (Å²) < 4.78 is 0. The Hall–Kier alpha value is -4.26. The van der Waals surface area contributed by atoms with Crippen LogP contribution in [0.25, 0.3) is 22.2 Å². The van der Waals surface area contributed by atoms with E-state index >= 15 is 0 Å². The van der Waals surface area contributed by atoms with Crippen molar-refractivity contribution in [3.8, 4) is 11.3 Å². The molecule has 1 amide bonds. The predicted molar refractivity (Wildman–Crippen MR) is 138 cm³/mol. The minimum atomic E-state index is -0.397. The molecule has 5 rings (SSSR count). The van der Waals surface area contributed by atoms with E-state index in [1.807, 2.05) is 35.2 Å². The van der Waals surface area contributed by atoms with Crippen LogP contribution in [0.3, 0.4) is 0 Å². The number of nitro groups is 1. The molecule has 176 valence electrons. The minimum absolute atomic E-state index is 0.00150. The first-order valence-corrected chi connectivity index (χ1v) is 11.8. The van der Waals surface area contributed by atoms with Crippen LogP contribution in [0.1, 0.15) is 22.8 Å². The molecule has 0 saturated carbocycles. The summed E-state index contributed by atoms with van der Waals surface area (Å²) in [6.07, 6.45) is 0.973. The van der Waals surface area contributed by atoms with Gasteiger partial charge in [-0.25, -0.2) is 4.98 Å². The average Bonchev–Trinajstić information content (AvgIpc) is 2.92. The largest absolute Gasteiger partial charge is 0.368 e. The van der Waals surface area contributed by atoms with Gasteiger partial charge < -0.3 is 9.80 Å². The Morgan fingerprint density at radius 2 is 1.63 bits per heavy atom. The number of piperazine rings is 1. The van der Waals surface area contributed by atoms with Gasteiger partial charge in [0.2, 0.25) is 0 Å². The number of benzene rings is 3. The number of hydrogen-bond donors (Lipinski definition) is 0. The van der Waals surface area contributed by atoms with Crippen molar-refractivity contribution >= 4 is 28.2 Å². The second-order valence-corrected chi connectivity index (χ2v) is 8.68. The molecule has 0 atom stereocenters. The van der Waals surface area contributed by atoms with Crippen molar-refractivity contribution in [3.63, 3.8) is 0 Å². The number of nitrogens with zero attached hydrogens (tertiary/aromatic N) is 4. The van der Waals surface area contributed by atoms with Crippen molar-refractivity contribution in [1.29, 1.82) is 0 Å². The minimum Gasteiger partial charge on any atom is -0.368 e. The molecule has 4 aromatic rings. The van der Waals surface area contributed by atoms with Crippen LogP contribution >= 0.6 is 0 Å². The number of amides is 1. The number of anilines is 1. The fourth-order valence-electron chi connectivity index (χ4n) is 4.53. The smallest absolute Gasteiger partial charge is 0.269 e. The summed E-state index contributed by atoms with van der Waals surface area (Å²) in [7, 11) is 0. The number of hydrogen-bond acceptors (Lipinski definition) is 5. The maximum Gasteiger partial charge on any atom is 0.269 e. The van der Waals surface area contributed by atoms with Crippen LogP contribution in [0, 0.1) is 10.1 Å².